The van der Waals surface area contributed by atoms with Gasteiger partial charge in [-0.05, 0) is 44.2 Å². The summed E-state index contributed by atoms with van der Waals surface area (Å²) in [6, 6.07) is 3.93. The average Bonchev–Trinajstić information content (AvgIpc) is 3.13. The van der Waals surface area contributed by atoms with Gasteiger partial charge in [0.15, 0.2) is 0 Å². The fraction of sp³-hybridized carbons (Fsp3) is 0.529. The van der Waals surface area contributed by atoms with Crippen molar-refractivity contribution in [1.82, 2.24) is 14.5 Å². The van der Waals surface area contributed by atoms with Crippen LogP contribution in [0.3, 0.4) is 0 Å². The fourth-order valence-electron chi connectivity index (χ4n) is 3.68. The second-order valence-corrected chi connectivity index (χ2v) is 6.74. The summed E-state index contributed by atoms with van der Waals surface area (Å²) in [6.07, 6.45) is 7.29. The number of carbonyl (C=O) groups excluding carboxylic acids is 1. The Bertz CT molecular complexity index is 733. The number of hydrogen-bond donors (Lipinski definition) is 1. The van der Waals surface area contributed by atoms with Crippen molar-refractivity contribution in [2.45, 2.75) is 38.2 Å². The summed E-state index contributed by atoms with van der Waals surface area (Å²) in [5.41, 5.74) is 2.11. The molecule has 1 aliphatic heterocycles. The summed E-state index contributed by atoms with van der Waals surface area (Å²) in [5, 5.41) is 14.6. The molecule has 1 aliphatic carbocycles. The smallest absolute Gasteiger partial charge is 0.257 e. The Morgan fingerprint density at radius 2 is 2.27 bits per heavy atom. The zero-order valence-electron chi connectivity index (χ0n) is 12.8. The number of rotatable bonds is 2. The molecule has 1 saturated carbocycles. The van der Waals surface area contributed by atoms with Crippen molar-refractivity contribution in [3.63, 3.8) is 0 Å². The normalized spacial score (nSPS) is 23.7. The number of aromatic nitrogens is 2. The fourth-order valence-corrected chi connectivity index (χ4v) is 3.68. The maximum atomic E-state index is 12.9. The van der Waals surface area contributed by atoms with Gasteiger partial charge in [-0.3, -0.25) is 4.79 Å². The maximum absolute atomic E-state index is 12.9. The number of likely N-dealkylation sites (tertiary alicyclic amines) is 1. The van der Waals surface area contributed by atoms with Gasteiger partial charge in [-0.15, -0.1) is 0 Å². The number of fused-ring (bicyclic) bond motifs is 1. The number of nitrogens with zero attached hydrogens (tertiary/aromatic N) is 3. The van der Waals surface area contributed by atoms with Crippen LogP contribution in [0.15, 0.2) is 24.5 Å². The first-order valence-corrected chi connectivity index (χ1v) is 8.03. The topological polar surface area (TPSA) is 57.8 Å². The van der Waals surface area contributed by atoms with E-state index in [1.807, 2.05) is 30.2 Å². The van der Waals surface area contributed by atoms with Crippen molar-refractivity contribution < 1.29 is 9.90 Å². The van der Waals surface area contributed by atoms with Crippen molar-refractivity contribution in [3.05, 3.63) is 35.7 Å². The zero-order chi connectivity index (χ0) is 15.3. The van der Waals surface area contributed by atoms with E-state index in [0.29, 0.717) is 12.1 Å². The lowest BCUT2D eigenvalue weighted by atomic mass is 9.90. The van der Waals surface area contributed by atoms with Crippen LogP contribution in [0.2, 0.25) is 0 Å². The number of aliphatic hydroxyl groups is 1. The Morgan fingerprint density at radius 3 is 3.05 bits per heavy atom. The molecule has 3 heterocycles. The molecular weight excluding hydrogens is 278 g/mol. The van der Waals surface area contributed by atoms with Gasteiger partial charge < -0.3 is 10.0 Å². The summed E-state index contributed by atoms with van der Waals surface area (Å²) < 4.78 is 1.76. The van der Waals surface area contributed by atoms with E-state index in [9.17, 15) is 9.90 Å². The number of hydrogen-bond acceptors (Lipinski definition) is 3. The summed E-state index contributed by atoms with van der Waals surface area (Å²) in [6.45, 7) is 3.44. The van der Waals surface area contributed by atoms with E-state index in [1.54, 1.807) is 10.7 Å². The number of amides is 1. The molecule has 1 atom stereocenters. The lowest BCUT2D eigenvalue weighted by Crippen LogP contribution is -2.44. The van der Waals surface area contributed by atoms with Gasteiger partial charge >= 0.3 is 0 Å². The second-order valence-electron chi connectivity index (χ2n) is 6.74. The first kappa shape index (κ1) is 13.8. The van der Waals surface area contributed by atoms with Crippen LogP contribution in [0.25, 0.3) is 5.52 Å². The monoisotopic (exact) mass is 299 g/mol. The van der Waals surface area contributed by atoms with Crippen LogP contribution in [0.4, 0.5) is 0 Å². The molecule has 0 spiro atoms. The largest absolute Gasteiger partial charge is 0.390 e. The molecule has 5 heteroatoms. The Morgan fingerprint density at radius 1 is 1.45 bits per heavy atom. The Labute approximate surface area is 129 Å². The van der Waals surface area contributed by atoms with Crippen molar-refractivity contribution in [2.24, 2.45) is 5.92 Å². The minimum Gasteiger partial charge on any atom is -0.390 e. The number of piperidine rings is 1. The first-order chi connectivity index (χ1) is 10.6. The molecule has 2 fully saturated rings. The van der Waals surface area contributed by atoms with Crippen molar-refractivity contribution in [1.29, 1.82) is 0 Å². The highest BCUT2D eigenvalue weighted by Crippen LogP contribution is 2.45. The van der Waals surface area contributed by atoms with E-state index in [1.165, 1.54) is 0 Å². The van der Waals surface area contributed by atoms with E-state index >= 15 is 0 Å². The highest BCUT2D eigenvalue weighted by Gasteiger charge is 2.49. The van der Waals surface area contributed by atoms with E-state index in [0.717, 1.165) is 43.3 Å². The van der Waals surface area contributed by atoms with Crippen LogP contribution in [-0.4, -0.2) is 44.2 Å². The minimum absolute atomic E-state index is 0.0400. The standard InChI is InChI=1S/C17H21N3O2/c1-12-4-2-9-20-15(12)14(10-18-20)16(21)19-8-3-5-13(11-19)17(22)6-7-17/h2,4,9-10,13,22H,3,5-8,11H2,1H3. The van der Waals surface area contributed by atoms with Gasteiger partial charge in [0.25, 0.3) is 5.91 Å². The summed E-state index contributed by atoms with van der Waals surface area (Å²) in [4.78, 5) is 14.8. The SMILES string of the molecule is Cc1cccn2ncc(C(=O)N3CCCC(C4(O)CC4)C3)c12. The van der Waals surface area contributed by atoms with Crippen molar-refractivity contribution in [2.75, 3.05) is 13.1 Å². The van der Waals surface area contributed by atoms with E-state index < -0.39 is 5.60 Å². The average molecular weight is 299 g/mol. The van der Waals surface area contributed by atoms with Gasteiger partial charge in [-0.1, -0.05) is 6.07 Å². The predicted molar refractivity (Wildman–Crippen MR) is 82.7 cm³/mol. The van der Waals surface area contributed by atoms with Gasteiger partial charge in [-0.2, -0.15) is 5.10 Å². The van der Waals surface area contributed by atoms with E-state index in [-0.39, 0.29) is 11.8 Å². The summed E-state index contributed by atoms with van der Waals surface area (Å²) in [5.74, 6) is 0.270. The molecule has 22 heavy (non-hydrogen) atoms. The van der Waals surface area contributed by atoms with E-state index in [4.69, 9.17) is 0 Å². The van der Waals surface area contributed by atoms with Gasteiger partial charge in [-0.25, -0.2) is 4.52 Å². The van der Waals surface area contributed by atoms with Gasteiger partial charge in [0.1, 0.15) is 0 Å². The van der Waals surface area contributed by atoms with Gasteiger partial charge in [0.2, 0.25) is 0 Å². The minimum atomic E-state index is -0.504. The zero-order valence-corrected chi connectivity index (χ0v) is 12.8. The van der Waals surface area contributed by atoms with Gasteiger partial charge in [0, 0.05) is 25.2 Å². The molecule has 2 aromatic heterocycles. The molecule has 2 aliphatic rings. The Balaban J connectivity index is 1.63. The Kier molecular flexibility index (Phi) is 3.01. The van der Waals surface area contributed by atoms with Gasteiger partial charge in [0.05, 0.1) is 22.9 Å². The molecule has 1 N–H and O–H groups in total. The third kappa shape index (κ3) is 2.11. The molecule has 4 rings (SSSR count). The molecule has 0 bridgehead atoms. The van der Waals surface area contributed by atoms with Crippen LogP contribution in [0.1, 0.15) is 41.6 Å². The second kappa shape index (κ2) is 4.81. The van der Waals surface area contributed by atoms with Crippen LogP contribution in [0, 0.1) is 12.8 Å². The quantitative estimate of drug-likeness (QED) is 0.923. The molecule has 1 unspecified atom stereocenters. The molecule has 5 nitrogen and oxygen atoms in total. The molecule has 0 radical (unpaired) electrons. The third-order valence-electron chi connectivity index (χ3n) is 5.20. The predicted octanol–water partition coefficient (Wildman–Crippen LogP) is 2.02. The lowest BCUT2D eigenvalue weighted by molar-refractivity contribution is 0.0283. The lowest BCUT2D eigenvalue weighted by Gasteiger charge is -2.35. The number of pyridine rings is 1. The maximum Gasteiger partial charge on any atom is 0.257 e. The third-order valence-corrected chi connectivity index (χ3v) is 5.20. The molecule has 2 aromatic rings. The molecular formula is C17H21N3O2. The first-order valence-electron chi connectivity index (χ1n) is 8.03. The van der Waals surface area contributed by atoms with Crippen molar-refractivity contribution in [3.8, 4) is 0 Å². The number of aryl methyl sites for hydroxylation is 1. The van der Waals surface area contributed by atoms with E-state index in [2.05, 4.69) is 5.10 Å². The summed E-state index contributed by atoms with van der Waals surface area (Å²) in [7, 11) is 0. The van der Waals surface area contributed by atoms with Crippen LogP contribution >= 0.6 is 0 Å². The number of carbonyl (C=O) groups is 1. The highest BCUT2D eigenvalue weighted by molar-refractivity contribution is 6.01. The van der Waals surface area contributed by atoms with Crippen LogP contribution in [-0.2, 0) is 0 Å². The molecule has 116 valence electrons. The molecule has 1 saturated heterocycles. The van der Waals surface area contributed by atoms with Crippen LogP contribution in [0.5, 0.6) is 0 Å². The van der Waals surface area contributed by atoms with Crippen LogP contribution < -0.4 is 0 Å². The summed E-state index contributed by atoms with van der Waals surface area (Å²) >= 11 is 0. The molecule has 1 amide bonds. The highest BCUT2D eigenvalue weighted by atomic mass is 16.3. The van der Waals surface area contributed by atoms with Crippen molar-refractivity contribution >= 4 is 11.4 Å². The Hall–Kier alpha value is -1.88. The molecule has 0 aromatic carbocycles.